The van der Waals surface area contributed by atoms with Crippen molar-refractivity contribution in [3.05, 3.63) is 22.4 Å². The predicted molar refractivity (Wildman–Crippen MR) is 82.6 cm³/mol. The molecule has 1 N–H and O–H groups in total. The van der Waals surface area contributed by atoms with Gasteiger partial charge in [0.2, 0.25) is 0 Å². The van der Waals surface area contributed by atoms with Crippen LogP contribution in [0, 0.1) is 5.92 Å². The molecule has 2 heterocycles. The fourth-order valence-electron chi connectivity index (χ4n) is 2.22. The Bertz CT molecular complexity index is 494. The largest absolute Gasteiger partial charge is 0.444 e. The fraction of sp³-hybridized carbons (Fsp3) is 0.600. The van der Waals surface area contributed by atoms with E-state index in [9.17, 15) is 9.59 Å². The number of hydrogen-bond acceptors (Lipinski definition) is 4. The number of nitrogens with one attached hydrogen (secondary N) is 1. The Morgan fingerprint density at radius 3 is 2.86 bits per heavy atom. The molecular weight excluding hydrogens is 288 g/mol. The zero-order valence-electron chi connectivity index (χ0n) is 12.7. The topological polar surface area (TPSA) is 58.6 Å². The smallest absolute Gasteiger partial charge is 0.410 e. The molecule has 0 unspecified atom stereocenters. The second-order valence-corrected chi connectivity index (χ2v) is 7.22. The molecule has 1 atom stereocenters. The summed E-state index contributed by atoms with van der Waals surface area (Å²) in [4.78, 5) is 26.2. The molecule has 1 aliphatic heterocycles. The molecule has 2 rings (SSSR count). The predicted octanol–water partition coefficient (Wildman–Crippen LogP) is 2.73. The van der Waals surface area contributed by atoms with E-state index in [0.29, 0.717) is 25.6 Å². The van der Waals surface area contributed by atoms with E-state index >= 15 is 0 Å². The molecule has 0 aliphatic carbocycles. The lowest BCUT2D eigenvalue weighted by atomic mass is 10.1. The summed E-state index contributed by atoms with van der Waals surface area (Å²) in [5, 5.41) is 4.81. The molecular formula is C15H22N2O3S. The fourth-order valence-corrected chi connectivity index (χ4v) is 2.86. The number of carbonyl (C=O) groups excluding carboxylic acids is 2. The number of rotatable bonds is 3. The quantitative estimate of drug-likeness (QED) is 0.934. The lowest BCUT2D eigenvalue weighted by Gasteiger charge is -2.24. The Kier molecular flexibility index (Phi) is 4.88. The Morgan fingerprint density at radius 2 is 2.24 bits per heavy atom. The molecule has 1 aromatic rings. The molecule has 6 heteroatoms. The number of ether oxygens (including phenoxy) is 1. The SMILES string of the molecule is CC(C)(C)OC(=O)N1CC[C@H](CNC(=O)c2cccs2)C1. The zero-order valence-corrected chi connectivity index (χ0v) is 13.5. The first kappa shape index (κ1) is 15.8. The molecule has 21 heavy (non-hydrogen) atoms. The maximum Gasteiger partial charge on any atom is 0.410 e. The van der Waals surface area contributed by atoms with E-state index in [-0.39, 0.29) is 12.0 Å². The molecule has 1 saturated heterocycles. The maximum atomic E-state index is 11.9. The van der Waals surface area contributed by atoms with Crippen LogP contribution in [-0.4, -0.2) is 42.1 Å². The van der Waals surface area contributed by atoms with Crippen LogP contribution in [0.1, 0.15) is 36.9 Å². The highest BCUT2D eigenvalue weighted by molar-refractivity contribution is 7.12. The highest BCUT2D eigenvalue weighted by atomic mass is 32.1. The summed E-state index contributed by atoms with van der Waals surface area (Å²) >= 11 is 1.43. The van der Waals surface area contributed by atoms with Crippen molar-refractivity contribution in [3.63, 3.8) is 0 Å². The van der Waals surface area contributed by atoms with Crippen LogP contribution in [-0.2, 0) is 4.74 Å². The summed E-state index contributed by atoms with van der Waals surface area (Å²) in [6.45, 7) is 7.50. The lowest BCUT2D eigenvalue weighted by Crippen LogP contribution is -2.36. The third-order valence-corrected chi connectivity index (χ3v) is 4.10. The average Bonchev–Trinajstić information content (AvgIpc) is 3.05. The molecule has 0 radical (unpaired) electrons. The van der Waals surface area contributed by atoms with Crippen molar-refractivity contribution in [2.45, 2.75) is 32.8 Å². The van der Waals surface area contributed by atoms with Crippen LogP contribution in [0.3, 0.4) is 0 Å². The van der Waals surface area contributed by atoms with Gasteiger partial charge in [-0.1, -0.05) is 6.07 Å². The minimum absolute atomic E-state index is 0.0410. The molecule has 0 bridgehead atoms. The Balaban J connectivity index is 1.75. The Labute approximate surface area is 129 Å². The van der Waals surface area contributed by atoms with E-state index in [1.165, 1.54) is 11.3 Å². The van der Waals surface area contributed by atoms with Gasteiger partial charge < -0.3 is 15.0 Å². The molecule has 116 valence electrons. The average molecular weight is 310 g/mol. The second-order valence-electron chi connectivity index (χ2n) is 6.27. The van der Waals surface area contributed by atoms with Gasteiger partial charge in [-0.2, -0.15) is 0 Å². The van der Waals surface area contributed by atoms with Gasteiger partial charge >= 0.3 is 6.09 Å². The van der Waals surface area contributed by atoms with Crippen molar-refractivity contribution in [1.29, 1.82) is 0 Å². The number of likely N-dealkylation sites (tertiary alicyclic amines) is 1. The molecule has 0 saturated carbocycles. The Hall–Kier alpha value is -1.56. The van der Waals surface area contributed by atoms with Crippen molar-refractivity contribution < 1.29 is 14.3 Å². The number of amides is 2. The minimum Gasteiger partial charge on any atom is -0.444 e. The summed E-state index contributed by atoms with van der Waals surface area (Å²) in [5.74, 6) is 0.252. The maximum absolute atomic E-state index is 11.9. The monoisotopic (exact) mass is 310 g/mol. The highest BCUT2D eigenvalue weighted by Gasteiger charge is 2.29. The highest BCUT2D eigenvalue weighted by Crippen LogP contribution is 2.19. The van der Waals surface area contributed by atoms with Crippen LogP contribution in [0.4, 0.5) is 4.79 Å². The molecule has 1 fully saturated rings. The van der Waals surface area contributed by atoms with Crippen LogP contribution in [0.25, 0.3) is 0 Å². The van der Waals surface area contributed by atoms with Crippen molar-refractivity contribution in [2.24, 2.45) is 5.92 Å². The van der Waals surface area contributed by atoms with Gasteiger partial charge in [0.25, 0.3) is 5.91 Å². The number of nitrogens with zero attached hydrogens (tertiary/aromatic N) is 1. The van der Waals surface area contributed by atoms with Crippen LogP contribution < -0.4 is 5.32 Å². The van der Waals surface area contributed by atoms with E-state index in [1.54, 1.807) is 4.90 Å². The van der Waals surface area contributed by atoms with E-state index in [0.717, 1.165) is 11.3 Å². The second kappa shape index (κ2) is 6.47. The molecule has 1 aromatic heterocycles. The first-order chi connectivity index (χ1) is 9.85. The lowest BCUT2D eigenvalue weighted by molar-refractivity contribution is 0.0288. The van der Waals surface area contributed by atoms with Gasteiger partial charge in [0, 0.05) is 19.6 Å². The van der Waals surface area contributed by atoms with Gasteiger partial charge in [0.15, 0.2) is 0 Å². The minimum atomic E-state index is -0.470. The van der Waals surface area contributed by atoms with E-state index < -0.39 is 5.60 Å². The third kappa shape index (κ3) is 4.74. The van der Waals surface area contributed by atoms with Gasteiger partial charge in [-0.3, -0.25) is 4.79 Å². The molecule has 5 nitrogen and oxygen atoms in total. The van der Waals surface area contributed by atoms with E-state index in [2.05, 4.69) is 5.32 Å². The zero-order chi connectivity index (χ0) is 15.5. The van der Waals surface area contributed by atoms with Gasteiger partial charge in [0.05, 0.1) is 4.88 Å². The molecule has 0 aromatic carbocycles. The molecule has 0 spiro atoms. The number of carbonyl (C=O) groups is 2. The summed E-state index contributed by atoms with van der Waals surface area (Å²) in [7, 11) is 0. The molecule has 2 amide bonds. The molecule has 1 aliphatic rings. The van der Waals surface area contributed by atoms with Gasteiger partial charge in [-0.15, -0.1) is 11.3 Å². The van der Waals surface area contributed by atoms with Crippen molar-refractivity contribution in [2.75, 3.05) is 19.6 Å². The van der Waals surface area contributed by atoms with Crippen LogP contribution in [0.15, 0.2) is 17.5 Å². The summed E-state index contributed by atoms with van der Waals surface area (Å²) in [6.07, 6.45) is 0.624. The van der Waals surface area contributed by atoms with Crippen LogP contribution in [0.5, 0.6) is 0 Å². The summed E-state index contributed by atoms with van der Waals surface area (Å²) in [5.41, 5.74) is -0.470. The number of thiophene rings is 1. The van der Waals surface area contributed by atoms with Crippen molar-refractivity contribution in [1.82, 2.24) is 10.2 Å². The van der Waals surface area contributed by atoms with Gasteiger partial charge in [-0.25, -0.2) is 4.79 Å². The van der Waals surface area contributed by atoms with Gasteiger partial charge in [-0.05, 0) is 44.6 Å². The van der Waals surface area contributed by atoms with E-state index in [4.69, 9.17) is 4.74 Å². The van der Waals surface area contributed by atoms with Crippen LogP contribution >= 0.6 is 11.3 Å². The van der Waals surface area contributed by atoms with Crippen LogP contribution in [0.2, 0.25) is 0 Å². The normalized spacial score (nSPS) is 18.6. The third-order valence-electron chi connectivity index (χ3n) is 3.23. The number of hydrogen-bond donors (Lipinski definition) is 1. The summed E-state index contributed by atoms with van der Waals surface area (Å²) < 4.78 is 5.36. The summed E-state index contributed by atoms with van der Waals surface area (Å²) in [6, 6.07) is 3.67. The standard InChI is InChI=1S/C15H22N2O3S/c1-15(2,3)20-14(19)17-7-6-11(10-17)9-16-13(18)12-5-4-8-21-12/h4-5,8,11H,6-7,9-10H2,1-3H3,(H,16,18)/t11-/m1/s1. The van der Waals surface area contributed by atoms with Gasteiger partial charge in [0.1, 0.15) is 5.60 Å². The Morgan fingerprint density at radius 1 is 1.48 bits per heavy atom. The van der Waals surface area contributed by atoms with Crippen molar-refractivity contribution in [3.8, 4) is 0 Å². The first-order valence-corrected chi connectivity index (χ1v) is 8.03. The van der Waals surface area contributed by atoms with E-state index in [1.807, 2.05) is 38.3 Å². The first-order valence-electron chi connectivity index (χ1n) is 7.15. The van der Waals surface area contributed by atoms with Crippen molar-refractivity contribution >= 4 is 23.3 Å².